The minimum absolute atomic E-state index is 0.203. The van der Waals surface area contributed by atoms with Gasteiger partial charge in [-0.05, 0) is 17.7 Å². The quantitative estimate of drug-likeness (QED) is 0.664. The van der Waals surface area contributed by atoms with E-state index in [1.54, 1.807) is 13.2 Å². The minimum Gasteiger partial charge on any atom is -0.481 e. The molecule has 0 spiro atoms. The molecule has 1 aromatic carbocycles. The van der Waals surface area contributed by atoms with Crippen molar-refractivity contribution < 1.29 is 4.74 Å². The second kappa shape index (κ2) is 5.04. The van der Waals surface area contributed by atoms with Gasteiger partial charge in [-0.2, -0.15) is 0 Å². The number of nitrogens with zero attached hydrogens (tertiary/aromatic N) is 2. The van der Waals surface area contributed by atoms with Gasteiger partial charge in [-0.3, -0.25) is 0 Å². The predicted octanol–water partition coefficient (Wildman–Crippen LogP) is 1.27. The fraction of sp³-hybridized carbons (Fsp3) is 0.154. The third-order valence-corrected chi connectivity index (χ3v) is 2.91. The third kappa shape index (κ3) is 2.46. The van der Waals surface area contributed by atoms with Crippen molar-refractivity contribution in [1.82, 2.24) is 19.9 Å². The van der Waals surface area contributed by atoms with Crippen molar-refractivity contribution in [2.45, 2.75) is 6.54 Å². The van der Waals surface area contributed by atoms with Crippen LogP contribution in [0.2, 0.25) is 0 Å². The highest BCUT2D eigenvalue weighted by Gasteiger charge is 2.01. The topological polar surface area (TPSA) is 95.7 Å². The van der Waals surface area contributed by atoms with E-state index in [9.17, 15) is 4.79 Å². The van der Waals surface area contributed by atoms with Gasteiger partial charge in [0.05, 0.1) is 18.1 Å². The Kier molecular flexibility index (Phi) is 3.08. The molecule has 0 aliphatic heterocycles. The van der Waals surface area contributed by atoms with E-state index < -0.39 is 0 Å². The van der Waals surface area contributed by atoms with Crippen LogP contribution in [0.4, 0.5) is 5.82 Å². The molecule has 3 N–H and O–H groups in total. The van der Waals surface area contributed by atoms with Gasteiger partial charge in [-0.15, -0.1) is 0 Å². The average molecular weight is 271 g/mol. The van der Waals surface area contributed by atoms with E-state index in [4.69, 9.17) is 4.74 Å². The first kappa shape index (κ1) is 12.2. The molecular formula is C13H13N5O2. The van der Waals surface area contributed by atoms with E-state index in [0.717, 1.165) is 16.6 Å². The molecule has 3 rings (SSSR count). The van der Waals surface area contributed by atoms with Gasteiger partial charge in [0.15, 0.2) is 0 Å². The van der Waals surface area contributed by atoms with E-state index in [-0.39, 0.29) is 5.69 Å². The van der Waals surface area contributed by atoms with Gasteiger partial charge in [-0.1, -0.05) is 6.07 Å². The second-order valence-electron chi connectivity index (χ2n) is 4.26. The van der Waals surface area contributed by atoms with Crippen LogP contribution in [0, 0.1) is 0 Å². The highest BCUT2D eigenvalue weighted by Crippen LogP contribution is 2.14. The number of fused-ring (bicyclic) bond motifs is 1. The zero-order valence-electron chi connectivity index (χ0n) is 10.8. The Morgan fingerprint density at radius 1 is 1.20 bits per heavy atom. The molecule has 0 amide bonds. The Morgan fingerprint density at radius 2 is 2.05 bits per heavy atom. The number of anilines is 1. The Labute approximate surface area is 114 Å². The highest BCUT2D eigenvalue weighted by atomic mass is 16.5. The van der Waals surface area contributed by atoms with Crippen LogP contribution in [0.3, 0.4) is 0 Å². The van der Waals surface area contributed by atoms with Crippen LogP contribution in [0.1, 0.15) is 5.56 Å². The Morgan fingerprint density at radius 3 is 2.90 bits per heavy atom. The molecule has 0 saturated carbocycles. The molecule has 0 unspecified atom stereocenters. The Bertz CT molecular complexity index is 793. The molecule has 0 fully saturated rings. The molecule has 7 heteroatoms. The number of H-pyrrole nitrogens is 2. The molecule has 2 aromatic heterocycles. The average Bonchev–Trinajstić information content (AvgIpc) is 2.84. The fourth-order valence-electron chi connectivity index (χ4n) is 1.93. The summed E-state index contributed by atoms with van der Waals surface area (Å²) in [6.45, 7) is 0.587. The number of aromatic nitrogens is 4. The van der Waals surface area contributed by atoms with Gasteiger partial charge in [0.2, 0.25) is 5.88 Å². The summed E-state index contributed by atoms with van der Waals surface area (Å²) in [4.78, 5) is 24.7. The SMILES string of the molecule is COc1cc(NCc2ccc3[nH]c(=O)[nH]c3c2)ncn1. The highest BCUT2D eigenvalue weighted by molar-refractivity contribution is 5.75. The molecule has 0 radical (unpaired) electrons. The van der Waals surface area contributed by atoms with E-state index in [0.29, 0.717) is 18.2 Å². The zero-order valence-corrected chi connectivity index (χ0v) is 10.8. The molecule has 0 atom stereocenters. The number of hydrogen-bond acceptors (Lipinski definition) is 5. The van der Waals surface area contributed by atoms with Crippen LogP contribution in [0.25, 0.3) is 11.0 Å². The molecule has 7 nitrogen and oxygen atoms in total. The van der Waals surface area contributed by atoms with E-state index >= 15 is 0 Å². The lowest BCUT2D eigenvalue weighted by atomic mass is 10.2. The first-order valence-electron chi connectivity index (χ1n) is 6.05. The van der Waals surface area contributed by atoms with Crippen molar-refractivity contribution >= 4 is 16.9 Å². The summed E-state index contributed by atoms with van der Waals surface area (Å²) in [7, 11) is 1.56. The van der Waals surface area contributed by atoms with E-state index in [2.05, 4.69) is 25.3 Å². The molecule has 2 heterocycles. The van der Waals surface area contributed by atoms with Gasteiger partial charge in [-0.25, -0.2) is 14.8 Å². The van der Waals surface area contributed by atoms with Crippen LogP contribution in [0.15, 0.2) is 35.4 Å². The van der Waals surface area contributed by atoms with Crippen molar-refractivity contribution in [1.29, 1.82) is 0 Å². The number of aromatic amines is 2. The number of rotatable bonds is 4. The lowest BCUT2D eigenvalue weighted by Crippen LogP contribution is -2.02. The number of nitrogens with one attached hydrogen (secondary N) is 3. The lowest BCUT2D eigenvalue weighted by Gasteiger charge is -2.06. The first-order valence-corrected chi connectivity index (χ1v) is 6.05. The Balaban J connectivity index is 1.77. The van der Waals surface area contributed by atoms with E-state index in [1.807, 2.05) is 18.2 Å². The van der Waals surface area contributed by atoms with Crippen LogP contribution in [-0.4, -0.2) is 27.0 Å². The summed E-state index contributed by atoms with van der Waals surface area (Å²) in [5, 5.41) is 3.17. The molecule has 102 valence electrons. The second-order valence-corrected chi connectivity index (χ2v) is 4.26. The standard InChI is InChI=1S/C13H13N5O2/c1-20-12-5-11(15-7-16-12)14-6-8-2-3-9-10(4-8)18-13(19)17-9/h2-5,7H,6H2,1H3,(H,14,15,16)(H2,17,18,19). The van der Waals surface area contributed by atoms with Gasteiger partial charge in [0.25, 0.3) is 0 Å². The predicted molar refractivity (Wildman–Crippen MR) is 74.8 cm³/mol. The van der Waals surface area contributed by atoms with Gasteiger partial charge < -0.3 is 20.0 Å². The van der Waals surface area contributed by atoms with Gasteiger partial charge >= 0.3 is 5.69 Å². The summed E-state index contributed by atoms with van der Waals surface area (Å²) in [6.07, 6.45) is 1.44. The lowest BCUT2D eigenvalue weighted by molar-refractivity contribution is 0.397. The number of methoxy groups -OCH3 is 1. The molecule has 20 heavy (non-hydrogen) atoms. The van der Waals surface area contributed by atoms with Crippen LogP contribution in [0.5, 0.6) is 5.88 Å². The van der Waals surface area contributed by atoms with E-state index in [1.165, 1.54) is 6.33 Å². The van der Waals surface area contributed by atoms with Crippen molar-refractivity contribution in [3.63, 3.8) is 0 Å². The summed E-state index contributed by atoms with van der Waals surface area (Å²) in [5.41, 5.74) is 2.41. The van der Waals surface area contributed by atoms with Crippen molar-refractivity contribution in [2.75, 3.05) is 12.4 Å². The maximum absolute atomic E-state index is 11.2. The minimum atomic E-state index is -0.203. The molecular weight excluding hydrogens is 258 g/mol. The normalized spacial score (nSPS) is 10.7. The fourth-order valence-corrected chi connectivity index (χ4v) is 1.93. The van der Waals surface area contributed by atoms with Crippen molar-refractivity contribution in [2.24, 2.45) is 0 Å². The summed E-state index contributed by atoms with van der Waals surface area (Å²) >= 11 is 0. The van der Waals surface area contributed by atoms with Gasteiger partial charge in [0, 0.05) is 12.6 Å². The number of benzene rings is 1. The molecule has 0 aliphatic rings. The summed E-state index contributed by atoms with van der Waals surface area (Å²) in [6, 6.07) is 7.44. The van der Waals surface area contributed by atoms with Crippen molar-refractivity contribution in [3.05, 3.63) is 46.6 Å². The van der Waals surface area contributed by atoms with Crippen LogP contribution >= 0.6 is 0 Å². The monoisotopic (exact) mass is 271 g/mol. The first-order chi connectivity index (χ1) is 9.74. The van der Waals surface area contributed by atoms with Gasteiger partial charge in [0.1, 0.15) is 12.1 Å². The maximum atomic E-state index is 11.2. The number of imidazole rings is 1. The number of hydrogen-bond donors (Lipinski definition) is 3. The van der Waals surface area contributed by atoms with Crippen molar-refractivity contribution in [3.8, 4) is 5.88 Å². The smallest absolute Gasteiger partial charge is 0.323 e. The number of ether oxygens (including phenoxy) is 1. The largest absolute Gasteiger partial charge is 0.481 e. The summed E-state index contributed by atoms with van der Waals surface area (Å²) < 4.78 is 5.03. The molecule has 0 bridgehead atoms. The van der Waals surface area contributed by atoms with Crippen LogP contribution in [-0.2, 0) is 6.54 Å². The molecule has 0 saturated heterocycles. The third-order valence-electron chi connectivity index (χ3n) is 2.91. The molecule has 0 aliphatic carbocycles. The van der Waals surface area contributed by atoms with Crippen LogP contribution < -0.4 is 15.7 Å². The zero-order chi connectivity index (χ0) is 13.9. The molecule has 3 aromatic rings. The summed E-state index contributed by atoms with van der Waals surface area (Å²) in [5.74, 6) is 1.19. The maximum Gasteiger partial charge on any atom is 0.323 e. The Hall–Kier alpha value is -2.83.